The van der Waals surface area contributed by atoms with E-state index in [4.69, 9.17) is 34.8 Å². The first-order valence-electron chi connectivity index (χ1n) is 5.50. The van der Waals surface area contributed by atoms with Crippen LogP contribution in [-0.4, -0.2) is 25.1 Å². The fourth-order valence-electron chi connectivity index (χ4n) is 1.71. The van der Waals surface area contributed by atoms with Gasteiger partial charge in [-0.2, -0.15) is 5.10 Å². The van der Waals surface area contributed by atoms with Gasteiger partial charge in [0.1, 0.15) is 16.6 Å². The first-order valence-corrected chi connectivity index (χ1v) is 6.64. The van der Waals surface area contributed by atoms with E-state index >= 15 is 0 Å². The molecule has 0 saturated carbocycles. The molecule has 0 bridgehead atoms. The summed E-state index contributed by atoms with van der Waals surface area (Å²) in [5.41, 5.74) is 1.16. The summed E-state index contributed by atoms with van der Waals surface area (Å²) in [6.07, 6.45) is 1.35. The molecule has 100 valence electrons. The number of halogens is 3. The van der Waals surface area contributed by atoms with Crippen LogP contribution in [0.5, 0.6) is 0 Å². The van der Waals surface area contributed by atoms with Crippen molar-refractivity contribution in [1.29, 1.82) is 0 Å². The third-order valence-electron chi connectivity index (χ3n) is 2.59. The standard InChI is InChI=1S/C12H6Cl3N5/c13-7-4-2-1-3-6(7)8-9(14)18-12(19-10(8)15)11-16-5-17-20-11/h1-5H,(H,16,17,20). The third-order valence-corrected chi connectivity index (χ3v) is 3.47. The normalized spacial score (nSPS) is 10.8. The lowest BCUT2D eigenvalue weighted by molar-refractivity contribution is 1.06. The Kier molecular flexibility index (Phi) is 3.56. The third kappa shape index (κ3) is 2.35. The molecule has 0 fully saturated rings. The van der Waals surface area contributed by atoms with Gasteiger partial charge in [0.2, 0.25) is 0 Å². The molecule has 0 aliphatic carbocycles. The van der Waals surface area contributed by atoms with Gasteiger partial charge in [-0.15, -0.1) is 0 Å². The molecule has 5 nitrogen and oxygen atoms in total. The van der Waals surface area contributed by atoms with E-state index in [0.29, 0.717) is 22.0 Å². The molecule has 0 aliphatic rings. The maximum atomic E-state index is 6.20. The highest BCUT2D eigenvalue weighted by atomic mass is 35.5. The molecule has 20 heavy (non-hydrogen) atoms. The second-order valence-corrected chi connectivity index (χ2v) is 4.94. The Morgan fingerprint density at radius 2 is 1.65 bits per heavy atom. The van der Waals surface area contributed by atoms with Gasteiger partial charge in [-0.3, -0.25) is 5.10 Å². The Bertz CT molecular complexity index is 735. The molecule has 2 aromatic heterocycles. The largest absolute Gasteiger partial charge is 0.257 e. The average molecular weight is 327 g/mol. The minimum atomic E-state index is 0.199. The van der Waals surface area contributed by atoms with Crippen molar-refractivity contribution in [2.75, 3.05) is 0 Å². The molecule has 3 rings (SSSR count). The maximum Gasteiger partial charge on any atom is 0.200 e. The Morgan fingerprint density at radius 3 is 2.25 bits per heavy atom. The lowest BCUT2D eigenvalue weighted by atomic mass is 10.1. The van der Waals surface area contributed by atoms with Gasteiger partial charge < -0.3 is 0 Å². The second-order valence-electron chi connectivity index (χ2n) is 3.82. The fraction of sp³-hybridized carbons (Fsp3) is 0. The van der Waals surface area contributed by atoms with Crippen molar-refractivity contribution in [3.05, 3.63) is 45.9 Å². The summed E-state index contributed by atoms with van der Waals surface area (Å²) < 4.78 is 0. The number of aromatic nitrogens is 5. The number of rotatable bonds is 2. The van der Waals surface area contributed by atoms with Crippen LogP contribution in [0.1, 0.15) is 0 Å². The Labute approximate surface area is 129 Å². The molecule has 0 spiro atoms. The van der Waals surface area contributed by atoms with Crippen LogP contribution in [0.2, 0.25) is 15.3 Å². The van der Waals surface area contributed by atoms with Crippen molar-refractivity contribution in [3.8, 4) is 22.8 Å². The first kappa shape index (κ1) is 13.3. The predicted octanol–water partition coefficient (Wildman–Crippen LogP) is 3.89. The van der Waals surface area contributed by atoms with E-state index in [9.17, 15) is 0 Å². The summed E-state index contributed by atoms with van der Waals surface area (Å²) >= 11 is 18.5. The van der Waals surface area contributed by atoms with Crippen LogP contribution in [-0.2, 0) is 0 Å². The van der Waals surface area contributed by atoms with Crippen LogP contribution >= 0.6 is 34.8 Å². The molecule has 0 aliphatic heterocycles. The molecule has 0 saturated heterocycles. The van der Waals surface area contributed by atoms with Crippen molar-refractivity contribution in [2.45, 2.75) is 0 Å². The molecule has 1 aromatic carbocycles. The van der Waals surface area contributed by atoms with Crippen LogP contribution in [0, 0.1) is 0 Å². The number of nitrogens with one attached hydrogen (secondary N) is 1. The van der Waals surface area contributed by atoms with Gasteiger partial charge in [0, 0.05) is 10.6 Å². The van der Waals surface area contributed by atoms with Crippen molar-refractivity contribution in [3.63, 3.8) is 0 Å². The van der Waals surface area contributed by atoms with Crippen LogP contribution in [0.15, 0.2) is 30.6 Å². The molecular formula is C12H6Cl3N5. The highest BCUT2D eigenvalue weighted by Crippen LogP contribution is 2.37. The zero-order chi connectivity index (χ0) is 14.1. The van der Waals surface area contributed by atoms with E-state index in [1.54, 1.807) is 12.1 Å². The molecule has 0 unspecified atom stereocenters. The molecule has 8 heteroatoms. The van der Waals surface area contributed by atoms with E-state index in [2.05, 4.69) is 25.1 Å². The molecule has 2 heterocycles. The summed E-state index contributed by atoms with van der Waals surface area (Å²) in [6, 6.07) is 7.19. The molecule has 0 amide bonds. The van der Waals surface area contributed by atoms with Gasteiger partial charge in [-0.25, -0.2) is 15.0 Å². The molecular weight excluding hydrogens is 321 g/mol. The quantitative estimate of drug-likeness (QED) is 0.725. The van der Waals surface area contributed by atoms with E-state index in [1.807, 2.05) is 12.1 Å². The topological polar surface area (TPSA) is 67.3 Å². The van der Waals surface area contributed by atoms with Crippen LogP contribution < -0.4 is 0 Å². The summed E-state index contributed by atoms with van der Waals surface area (Å²) in [6.45, 7) is 0. The van der Waals surface area contributed by atoms with Gasteiger partial charge in [0.05, 0.1) is 5.56 Å². The van der Waals surface area contributed by atoms with E-state index < -0.39 is 0 Å². The van der Waals surface area contributed by atoms with Gasteiger partial charge in [0.25, 0.3) is 0 Å². The first-order chi connectivity index (χ1) is 9.66. The summed E-state index contributed by atoms with van der Waals surface area (Å²) in [5, 5.41) is 7.30. The highest BCUT2D eigenvalue weighted by Gasteiger charge is 2.17. The van der Waals surface area contributed by atoms with Gasteiger partial charge >= 0.3 is 0 Å². The predicted molar refractivity (Wildman–Crippen MR) is 77.9 cm³/mol. The fourth-order valence-corrected chi connectivity index (χ4v) is 2.53. The van der Waals surface area contributed by atoms with Gasteiger partial charge in [-0.05, 0) is 6.07 Å². The van der Waals surface area contributed by atoms with Crippen molar-refractivity contribution < 1.29 is 0 Å². The Morgan fingerprint density at radius 1 is 0.950 bits per heavy atom. The SMILES string of the molecule is Clc1ccccc1-c1c(Cl)nc(-c2ncn[nH]2)nc1Cl. The summed E-state index contributed by atoms with van der Waals surface area (Å²) in [7, 11) is 0. The van der Waals surface area contributed by atoms with Gasteiger partial charge in [0.15, 0.2) is 11.6 Å². The smallest absolute Gasteiger partial charge is 0.200 e. The number of hydrogen-bond acceptors (Lipinski definition) is 4. The van der Waals surface area contributed by atoms with Gasteiger partial charge in [-0.1, -0.05) is 53.0 Å². The minimum Gasteiger partial charge on any atom is -0.257 e. The van der Waals surface area contributed by atoms with E-state index in [-0.39, 0.29) is 16.1 Å². The Balaban J connectivity index is 2.17. The van der Waals surface area contributed by atoms with Crippen molar-refractivity contribution in [2.24, 2.45) is 0 Å². The van der Waals surface area contributed by atoms with Crippen LogP contribution in [0.3, 0.4) is 0 Å². The number of nitrogens with zero attached hydrogens (tertiary/aromatic N) is 4. The molecule has 0 radical (unpaired) electrons. The monoisotopic (exact) mass is 325 g/mol. The lowest BCUT2D eigenvalue weighted by Gasteiger charge is -2.08. The maximum absolute atomic E-state index is 6.20. The lowest BCUT2D eigenvalue weighted by Crippen LogP contribution is -1.96. The number of aromatic amines is 1. The van der Waals surface area contributed by atoms with E-state index in [1.165, 1.54) is 6.33 Å². The summed E-state index contributed by atoms with van der Waals surface area (Å²) in [5.74, 6) is 0.660. The second kappa shape index (κ2) is 5.36. The molecule has 0 atom stereocenters. The average Bonchev–Trinajstić information content (AvgIpc) is 2.94. The van der Waals surface area contributed by atoms with Crippen LogP contribution in [0.4, 0.5) is 0 Å². The number of hydrogen-bond donors (Lipinski definition) is 1. The van der Waals surface area contributed by atoms with E-state index in [0.717, 1.165) is 0 Å². The Hall–Kier alpha value is -1.69. The molecule has 1 N–H and O–H groups in total. The number of benzene rings is 1. The highest BCUT2D eigenvalue weighted by molar-refractivity contribution is 6.40. The molecule has 3 aromatic rings. The minimum absolute atomic E-state index is 0.199. The van der Waals surface area contributed by atoms with Crippen LogP contribution in [0.25, 0.3) is 22.8 Å². The number of H-pyrrole nitrogens is 1. The zero-order valence-corrected chi connectivity index (χ0v) is 12.1. The summed E-state index contributed by atoms with van der Waals surface area (Å²) in [4.78, 5) is 12.3. The van der Waals surface area contributed by atoms with Crippen molar-refractivity contribution in [1.82, 2.24) is 25.1 Å². The van der Waals surface area contributed by atoms with Crippen molar-refractivity contribution >= 4 is 34.8 Å². The zero-order valence-electron chi connectivity index (χ0n) is 9.81.